The van der Waals surface area contributed by atoms with Gasteiger partial charge in [0.25, 0.3) is 0 Å². The predicted molar refractivity (Wildman–Crippen MR) is 91.5 cm³/mol. The molecule has 2 aliphatic rings. The van der Waals surface area contributed by atoms with Gasteiger partial charge < -0.3 is 10.6 Å². The molecule has 0 aromatic rings. The predicted octanol–water partition coefficient (Wildman–Crippen LogP) is 2.15. The molecule has 1 heterocycles. The number of nitrogens with zero attached hydrogens (tertiary/aromatic N) is 2. The van der Waals surface area contributed by atoms with E-state index in [1.165, 1.54) is 0 Å². The molecule has 0 aromatic carbocycles. The number of amides is 2. The van der Waals surface area contributed by atoms with Crippen LogP contribution in [0.1, 0.15) is 58.8 Å². The molecule has 2 rings (SSSR count). The molecule has 0 unspecified atom stereocenters. The number of rotatable bonds is 5. The topological polar surface area (TPSA) is 83.7 Å². The van der Waals surface area contributed by atoms with Crippen molar-refractivity contribution in [3.05, 3.63) is 0 Å². The van der Waals surface area contributed by atoms with Gasteiger partial charge in [-0.2, -0.15) is 0 Å². The number of sulfonamides is 1. The Morgan fingerprint density at radius 2 is 1.61 bits per heavy atom. The number of hydrogen-bond acceptors (Lipinski definition) is 3. The smallest absolute Gasteiger partial charge is 0.315 e. The lowest BCUT2D eigenvalue weighted by atomic mass is 9.85. The molecule has 0 aromatic heterocycles. The van der Waals surface area contributed by atoms with Crippen molar-refractivity contribution in [2.24, 2.45) is 11.7 Å². The fourth-order valence-corrected chi connectivity index (χ4v) is 5.51. The molecule has 23 heavy (non-hydrogen) atoms. The van der Waals surface area contributed by atoms with Gasteiger partial charge in [-0.05, 0) is 50.9 Å². The van der Waals surface area contributed by atoms with Gasteiger partial charge >= 0.3 is 6.03 Å². The minimum atomic E-state index is -3.14. The van der Waals surface area contributed by atoms with Crippen LogP contribution in [-0.2, 0) is 10.0 Å². The number of hydrogen-bond donors (Lipinski definition) is 1. The van der Waals surface area contributed by atoms with Crippen molar-refractivity contribution in [2.75, 3.05) is 18.8 Å². The third-order valence-electron chi connectivity index (χ3n) is 5.31. The fourth-order valence-electron chi connectivity index (χ4n) is 3.96. The highest BCUT2D eigenvalue weighted by Gasteiger charge is 2.35. The summed E-state index contributed by atoms with van der Waals surface area (Å²) in [5.74, 6) is 0.930. The number of urea groups is 1. The van der Waals surface area contributed by atoms with E-state index >= 15 is 0 Å². The second-order valence-corrected chi connectivity index (χ2v) is 9.19. The van der Waals surface area contributed by atoms with Gasteiger partial charge in [0.15, 0.2) is 0 Å². The number of primary amides is 1. The first kappa shape index (κ1) is 18.5. The maximum atomic E-state index is 12.2. The number of carbonyl (C=O) groups excluding carboxylic acids is 1. The molecule has 2 amide bonds. The Labute approximate surface area is 140 Å². The zero-order chi connectivity index (χ0) is 17.0. The van der Waals surface area contributed by atoms with Crippen LogP contribution in [0.2, 0.25) is 0 Å². The van der Waals surface area contributed by atoms with Gasteiger partial charge in [-0.15, -0.1) is 0 Å². The van der Waals surface area contributed by atoms with E-state index in [4.69, 9.17) is 5.73 Å². The molecule has 7 heteroatoms. The summed E-state index contributed by atoms with van der Waals surface area (Å²) >= 11 is 0. The van der Waals surface area contributed by atoms with Crippen molar-refractivity contribution in [1.82, 2.24) is 9.21 Å². The average Bonchev–Trinajstić information content (AvgIpc) is 2.50. The Bertz CT molecular complexity index is 493. The molecular formula is C16H31N3O3S. The summed E-state index contributed by atoms with van der Waals surface area (Å²) in [4.78, 5) is 13.8. The first-order valence-corrected chi connectivity index (χ1v) is 10.5. The zero-order valence-electron chi connectivity index (χ0n) is 14.4. The molecule has 0 bridgehead atoms. The summed E-state index contributed by atoms with van der Waals surface area (Å²) in [6.45, 7) is 5.13. The number of carbonyl (C=O) groups is 1. The Balaban J connectivity index is 1.97. The molecule has 6 nitrogen and oxygen atoms in total. The molecule has 1 aliphatic heterocycles. The van der Waals surface area contributed by atoms with E-state index in [9.17, 15) is 13.2 Å². The monoisotopic (exact) mass is 345 g/mol. The van der Waals surface area contributed by atoms with Crippen molar-refractivity contribution in [3.8, 4) is 0 Å². The van der Waals surface area contributed by atoms with E-state index in [0.29, 0.717) is 32.4 Å². The first-order valence-electron chi connectivity index (χ1n) is 8.90. The Morgan fingerprint density at radius 1 is 1.09 bits per heavy atom. The van der Waals surface area contributed by atoms with Crippen molar-refractivity contribution < 1.29 is 13.2 Å². The van der Waals surface area contributed by atoms with Crippen LogP contribution in [-0.4, -0.2) is 54.6 Å². The first-order chi connectivity index (χ1) is 10.8. The van der Waals surface area contributed by atoms with Gasteiger partial charge in [0, 0.05) is 25.2 Å². The third kappa shape index (κ3) is 4.59. The quantitative estimate of drug-likeness (QED) is 0.828. The summed E-state index contributed by atoms with van der Waals surface area (Å²) in [7, 11) is -3.14. The lowest BCUT2D eigenvalue weighted by Crippen LogP contribution is -2.55. The molecule has 134 valence electrons. The highest BCUT2D eigenvalue weighted by Crippen LogP contribution is 2.30. The summed E-state index contributed by atoms with van der Waals surface area (Å²) in [6.07, 6.45) is 6.32. The maximum absolute atomic E-state index is 12.2. The molecule has 0 atom stereocenters. The van der Waals surface area contributed by atoms with Gasteiger partial charge in [0.1, 0.15) is 0 Å². The van der Waals surface area contributed by atoms with Crippen molar-refractivity contribution >= 4 is 16.1 Å². The summed E-state index contributed by atoms with van der Waals surface area (Å²) in [5, 5.41) is 0. The van der Waals surface area contributed by atoms with E-state index in [1.807, 2.05) is 11.8 Å². The van der Waals surface area contributed by atoms with Gasteiger partial charge in [0.2, 0.25) is 10.0 Å². The minimum absolute atomic E-state index is 0.0824. The second kappa shape index (κ2) is 7.83. The van der Waals surface area contributed by atoms with Crippen molar-refractivity contribution in [1.29, 1.82) is 0 Å². The van der Waals surface area contributed by atoms with Crippen molar-refractivity contribution in [3.63, 3.8) is 0 Å². The van der Waals surface area contributed by atoms with E-state index in [0.717, 1.165) is 31.6 Å². The van der Waals surface area contributed by atoms with Crippen LogP contribution < -0.4 is 5.73 Å². The van der Waals surface area contributed by atoms with E-state index < -0.39 is 10.0 Å². The van der Waals surface area contributed by atoms with Gasteiger partial charge in [0.05, 0.1) is 5.75 Å². The van der Waals surface area contributed by atoms with Crippen LogP contribution in [0.25, 0.3) is 0 Å². The average molecular weight is 346 g/mol. The van der Waals surface area contributed by atoms with Crippen LogP contribution >= 0.6 is 0 Å². The van der Waals surface area contributed by atoms with E-state index in [2.05, 4.69) is 6.92 Å². The lowest BCUT2D eigenvalue weighted by molar-refractivity contribution is 0.0955. The van der Waals surface area contributed by atoms with Crippen LogP contribution in [0.4, 0.5) is 4.79 Å². The summed E-state index contributed by atoms with van der Waals surface area (Å²) in [6, 6.07) is -0.0362. The number of piperidine rings is 1. The van der Waals surface area contributed by atoms with Gasteiger partial charge in [-0.25, -0.2) is 17.5 Å². The van der Waals surface area contributed by atoms with E-state index in [-0.39, 0.29) is 23.9 Å². The minimum Gasteiger partial charge on any atom is -0.351 e. The van der Waals surface area contributed by atoms with Gasteiger partial charge in [-0.3, -0.25) is 0 Å². The van der Waals surface area contributed by atoms with E-state index in [1.54, 1.807) is 4.31 Å². The SMILES string of the molecule is CCCS(=O)(=O)N1CCC(N(C(N)=O)C2CCC(C)CC2)CC1. The molecule has 1 saturated carbocycles. The Morgan fingerprint density at radius 3 is 2.09 bits per heavy atom. The molecule has 1 saturated heterocycles. The Hall–Kier alpha value is -0.820. The summed E-state index contributed by atoms with van der Waals surface area (Å²) in [5.41, 5.74) is 5.66. The van der Waals surface area contributed by atoms with Crippen LogP contribution in [0, 0.1) is 5.92 Å². The third-order valence-corrected chi connectivity index (χ3v) is 7.38. The molecule has 1 aliphatic carbocycles. The molecule has 2 fully saturated rings. The van der Waals surface area contributed by atoms with Crippen LogP contribution in [0.3, 0.4) is 0 Å². The fraction of sp³-hybridized carbons (Fsp3) is 0.938. The highest BCUT2D eigenvalue weighted by atomic mass is 32.2. The van der Waals surface area contributed by atoms with Crippen molar-refractivity contribution in [2.45, 2.75) is 70.9 Å². The number of nitrogens with two attached hydrogens (primary N) is 1. The molecule has 0 spiro atoms. The normalized spacial score (nSPS) is 27.7. The van der Waals surface area contributed by atoms with Gasteiger partial charge in [-0.1, -0.05) is 13.8 Å². The standard InChI is InChI=1S/C16H31N3O3S/c1-3-12-23(21,22)18-10-8-15(9-11-18)19(16(17)20)14-6-4-13(2)5-7-14/h13-15H,3-12H2,1-2H3,(H2,17,20). The zero-order valence-corrected chi connectivity index (χ0v) is 15.2. The molecule has 0 radical (unpaired) electrons. The highest BCUT2D eigenvalue weighted by molar-refractivity contribution is 7.89. The lowest BCUT2D eigenvalue weighted by Gasteiger charge is -2.43. The second-order valence-electron chi connectivity index (χ2n) is 7.11. The van der Waals surface area contributed by atoms with Crippen LogP contribution in [0.5, 0.6) is 0 Å². The largest absolute Gasteiger partial charge is 0.351 e. The molecular weight excluding hydrogens is 314 g/mol. The summed E-state index contributed by atoms with van der Waals surface area (Å²) < 4.78 is 25.9. The Kier molecular flexibility index (Phi) is 6.31. The molecule has 2 N–H and O–H groups in total. The van der Waals surface area contributed by atoms with Crippen LogP contribution in [0.15, 0.2) is 0 Å². The maximum Gasteiger partial charge on any atom is 0.315 e.